The highest BCUT2D eigenvalue weighted by molar-refractivity contribution is 5.79. The molecule has 5 nitrogen and oxygen atoms in total. The third-order valence-corrected chi connectivity index (χ3v) is 3.92. The molecule has 23 heavy (non-hydrogen) atoms. The standard InChI is InChI=1S/C18H30N4O/c1-3-19-18(21-9-10-22-11-13-23-14-12-22)20-8-7-17-6-4-5-16(2)15-17/h4-6,15H,3,7-14H2,1-2H3,(H2,19,20,21). The summed E-state index contributed by atoms with van der Waals surface area (Å²) >= 11 is 0. The largest absolute Gasteiger partial charge is 0.379 e. The zero-order valence-electron chi connectivity index (χ0n) is 14.5. The molecular weight excluding hydrogens is 288 g/mol. The number of rotatable bonds is 7. The van der Waals surface area contributed by atoms with Gasteiger partial charge in [-0.15, -0.1) is 0 Å². The lowest BCUT2D eigenvalue weighted by atomic mass is 10.1. The van der Waals surface area contributed by atoms with Crippen LogP contribution in [0.15, 0.2) is 29.3 Å². The molecule has 2 rings (SSSR count). The van der Waals surface area contributed by atoms with Crippen LogP contribution in [0.2, 0.25) is 0 Å². The van der Waals surface area contributed by atoms with E-state index in [-0.39, 0.29) is 0 Å². The van der Waals surface area contributed by atoms with Crippen LogP contribution in [0.5, 0.6) is 0 Å². The van der Waals surface area contributed by atoms with Crippen molar-refractivity contribution in [3.05, 3.63) is 35.4 Å². The second kappa shape index (κ2) is 10.2. The molecule has 1 aromatic carbocycles. The number of morpholine rings is 1. The lowest BCUT2D eigenvalue weighted by molar-refractivity contribution is 0.0394. The molecule has 0 unspecified atom stereocenters. The van der Waals surface area contributed by atoms with E-state index in [9.17, 15) is 0 Å². The Kier molecular flexibility index (Phi) is 7.90. The molecule has 0 aliphatic carbocycles. The average Bonchev–Trinajstić information content (AvgIpc) is 2.56. The Labute approximate surface area is 140 Å². The van der Waals surface area contributed by atoms with Gasteiger partial charge in [-0.25, -0.2) is 0 Å². The van der Waals surface area contributed by atoms with Gasteiger partial charge in [0.25, 0.3) is 0 Å². The zero-order valence-corrected chi connectivity index (χ0v) is 14.5. The molecule has 2 N–H and O–H groups in total. The van der Waals surface area contributed by atoms with Crippen molar-refractivity contribution in [1.82, 2.24) is 15.5 Å². The SMILES string of the molecule is CCNC(=NCCN1CCOCC1)NCCc1cccc(C)c1. The van der Waals surface area contributed by atoms with Gasteiger partial charge in [0, 0.05) is 32.7 Å². The van der Waals surface area contributed by atoms with Crippen LogP contribution in [0.25, 0.3) is 0 Å². The van der Waals surface area contributed by atoms with E-state index in [4.69, 9.17) is 4.74 Å². The second-order valence-corrected chi connectivity index (χ2v) is 5.88. The topological polar surface area (TPSA) is 48.9 Å². The van der Waals surface area contributed by atoms with Gasteiger partial charge in [0.2, 0.25) is 0 Å². The van der Waals surface area contributed by atoms with E-state index < -0.39 is 0 Å². The van der Waals surface area contributed by atoms with E-state index in [2.05, 4.69) is 58.6 Å². The highest BCUT2D eigenvalue weighted by Crippen LogP contribution is 2.03. The zero-order chi connectivity index (χ0) is 16.3. The first-order valence-electron chi connectivity index (χ1n) is 8.66. The molecule has 0 bridgehead atoms. The Balaban J connectivity index is 1.72. The molecule has 128 valence electrons. The van der Waals surface area contributed by atoms with Gasteiger partial charge in [0.05, 0.1) is 19.8 Å². The van der Waals surface area contributed by atoms with Crippen LogP contribution in [-0.4, -0.2) is 63.3 Å². The Morgan fingerprint density at radius 3 is 2.83 bits per heavy atom. The predicted octanol–water partition coefficient (Wildman–Crippen LogP) is 1.42. The van der Waals surface area contributed by atoms with Gasteiger partial charge in [-0.3, -0.25) is 9.89 Å². The van der Waals surface area contributed by atoms with Gasteiger partial charge in [-0.1, -0.05) is 29.8 Å². The van der Waals surface area contributed by atoms with E-state index in [1.807, 2.05) is 0 Å². The number of nitrogens with one attached hydrogen (secondary N) is 2. The summed E-state index contributed by atoms with van der Waals surface area (Å²) in [4.78, 5) is 7.07. The fourth-order valence-electron chi connectivity index (χ4n) is 2.66. The van der Waals surface area contributed by atoms with Gasteiger partial charge in [0.15, 0.2) is 5.96 Å². The molecule has 1 heterocycles. The van der Waals surface area contributed by atoms with Gasteiger partial charge >= 0.3 is 0 Å². The van der Waals surface area contributed by atoms with Gasteiger partial charge < -0.3 is 15.4 Å². The number of hydrogen-bond donors (Lipinski definition) is 2. The highest BCUT2D eigenvalue weighted by atomic mass is 16.5. The smallest absolute Gasteiger partial charge is 0.191 e. The van der Waals surface area contributed by atoms with E-state index in [0.29, 0.717) is 0 Å². The lowest BCUT2D eigenvalue weighted by Gasteiger charge is -2.25. The van der Waals surface area contributed by atoms with Gasteiger partial charge in [-0.05, 0) is 25.8 Å². The van der Waals surface area contributed by atoms with Crippen molar-refractivity contribution in [2.24, 2.45) is 4.99 Å². The Bertz CT molecular complexity index is 484. The number of nitrogens with zero attached hydrogens (tertiary/aromatic N) is 2. The molecule has 1 aliphatic rings. The molecule has 0 spiro atoms. The summed E-state index contributed by atoms with van der Waals surface area (Å²) in [5, 5.41) is 6.74. The van der Waals surface area contributed by atoms with Crippen molar-refractivity contribution < 1.29 is 4.74 Å². The normalized spacial score (nSPS) is 16.3. The first-order valence-corrected chi connectivity index (χ1v) is 8.66. The molecule has 1 aromatic rings. The summed E-state index contributed by atoms with van der Waals surface area (Å²) in [6.07, 6.45) is 1.01. The molecular formula is C18H30N4O. The monoisotopic (exact) mass is 318 g/mol. The predicted molar refractivity (Wildman–Crippen MR) is 96.1 cm³/mol. The lowest BCUT2D eigenvalue weighted by Crippen LogP contribution is -2.40. The van der Waals surface area contributed by atoms with Crippen molar-refractivity contribution in [1.29, 1.82) is 0 Å². The summed E-state index contributed by atoms with van der Waals surface area (Å²) in [5.41, 5.74) is 2.68. The maximum atomic E-state index is 5.37. The van der Waals surface area contributed by atoms with Crippen LogP contribution >= 0.6 is 0 Å². The minimum absolute atomic E-state index is 0.819. The molecule has 5 heteroatoms. The molecule has 1 aliphatic heterocycles. The van der Waals surface area contributed by atoms with Crippen molar-refractivity contribution in [2.75, 3.05) is 52.5 Å². The summed E-state index contributed by atoms with van der Waals surface area (Å²) in [6, 6.07) is 8.67. The van der Waals surface area contributed by atoms with E-state index in [0.717, 1.165) is 64.9 Å². The minimum Gasteiger partial charge on any atom is -0.379 e. The summed E-state index contributed by atoms with van der Waals surface area (Å²) < 4.78 is 5.37. The molecule has 0 radical (unpaired) electrons. The molecule has 0 amide bonds. The van der Waals surface area contributed by atoms with Crippen LogP contribution in [-0.2, 0) is 11.2 Å². The van der Waals surface area contributed by atoms with Crippen molar-refractivity contribution in [3.63, 3.8) is 0 Å². The van der Waals surface area contributed by atoms with Crippen molar-refractivity contribution in [2.45, 2.75) is 20.3 Å². The van der Waals surface area contributed by atoms with Crippen molar-refractivity contribution in [3.8, 4) is 0 Å². The van der Waals surface area contributed by atoms with Crippen LogP contribution in [0.1, 0.15) is 18.1 Å². The van der Waals surface area contributed by atoms with Crippen LogP contribution in [0.4, 0.5) is 0 Å². The van der Waals surface area contributed by atoms with Gasteiger partial charge in [-0.2, -0.15) is 0 Å². The van der Waals surface area contributed by atoms with E-state index in [1.165, 1.54) is 11.1 Å². The maximum Gasteiger partial charge on any atom is 0.191 e. The molecule has 1 saturated heterocycles. The number of guanidine groups is 1. The number of aliphatic imine (C=N–C) groups is 1. The molecule has 1 fully saturated rings. The Morgan fingerprint density at radius 2 is 2.09 bits per heavy atom. The van der Waals surface area contributed by atoms with Crippen LogP contribution in [0, 0.1) is 6.92 Å². The van der Waals surface area contributed by atoms with Crippen molar-refractivity contribution >= 4 is 5.96 Å². The summed E-state index contributed by atoms with van der Waals surface area (Å²) in [5.74, 6) is 0.911. The highest BCUT2D eigenvalue weighted by Gasteiger charge is 2.09. The molecule has 0 atom stereocenters. The third kappa shape index (κ3) is 7.01. The molecule has 0 aromatic heterocycles. The fraction of sp³-hybridized carbons (Fsp3) is 0.611. The third-order valence-electron chi connectivity index (χ3n) is 3.92. The second-order valence-electron chi connectivity index (χ2n) is 5.88. The number of benzene rings is 1. The fourth-order valence-corrected chi connectivity index (χ4v) is 2.66. The minimum atomic E-state index is 0.819. The summed E-state index contributed by atoms with van der Waals surface area (Å²) in [6.45, 7) is 11.6. The van der Waals surface area contributed by atoms with Crippen LogP contribution in [0.3, 0.4) is 0 Å². The average molecular weight is 318 g/mol. The number of hydrogen-bond acceptors (Lipinski definition) is 3. The van der Waals surface area contributed by atoms with E-state index >= 15 is 0 Å². The first-order chi connectivity index (χ1) is 11.3. The Hall–Kier alpha value is -1.59. The number of aryl methyl sites for hydroxylation is 1. The van der Waals surface area contributed by atoms with E-state index in [1.54, 1.807) is 0 Å². The summed E-state index contributed by atoms with van der Waals surface area (Å²) in [7, 11) is 0. The Morgan fingerprint density at radius 1 is 1.26 bits per heavy atom. The van der Waals surface area contributed by atoms with Crippen LogP contribution < -0.4 is 10.6 Å². The molecule has 0 saturated carbocycles. The first kappa shape index (κ1) is 17.8. The quantitative estimate of drug-likeness (QED) is 0.590. The maximum absolute atomic E-state index is 5.37. The number of ether oxygens (including phenoxy) is 1. The van der Waals surface area contributed by atoms with Gasteiger partial charge in [0.1, 0.15) is 0 Å².